The Morgan fingerprint density at radius 3 is 2.64 bits per heavy atom. The molecule has 1 aromatic heterocycles. The van der Waals surface area contributed by atoms with Crippen LogP contribution in [-0.4, -0.2) is 4.98 Å². The number of rotatable bonds is 2. The van der Waals surface area contributed by atoms with Crippen LogP contribution in [0, 0.1) is 0 Å². The Hall–Kier alpha value is -1.06. The first-order valence-electron chi connectivity index (χ1n) is 3.04. The van der Waals surface area contributed by atoms with Crippen LogP contribution in [0.3, 0.4) is 0 Å². The van der Waals surface area contributed by atoms with E-state index < -0.39 is 13.1 Å². The van der Waals surface area contributed by atoms with Gasteiger partial charge < -0.3 is 0 Å². The number of halogens is 3. The number of nitrogens with zero attached hydrogens (tertiary/aromatic N) is 1. The lowest BCUT2D eigenvalue weighted by molar-refractivity contribution is 0.145. The van der Waals surface area contributed by atoms with Crippen molar-refractivity contribution in [2.45, 2.75) is 13.1 Å². The van der Waals surface area contributed by atoms with Gasteiger partial charge in [-0.3, -0.25) is 0 Å². The summed E-state index contributed by atoms with van der Waals surface area (Å²) in [6.45, 7) is -0.805. The second-order valence-corrected chi connectivity index (χ2v) is 1.99. The fourth-order valence-corrected chi connectivity index (χ4v) is 0.694. The largest absolute Gasteiger partial charge is 0.280 e. The van der Waals surface area contributed by atoms with Crippen LogP contribution in [0.2, 0.25) is 0 Å². The van der Waals surface area contributed by atoms with E-state index in [1.165, 1.54) is 18.2 Å². The van der Waals surface area contributed by atoms with Gasteiger partial charge in [-0.1, -0.05) is 6.07 Å². The standard InChI is InChI=1S/C7H6F3N/c8-4-5-2-1-3-6(11-5)7(9)10/h1-3,7H,4H2. The summed E-state index contributed by atoms with van der Waals surface area (Å²) in [7, 11) is 0. The van der Waals surface area contributed by atoms with Gasteiger partial charge >= 0.3 is 0 Å². The van der Waals surface area contributed by atoms with Crippen molar-refractivity contribution in [2.24, 2.45) is 0 Å². The lowest BCUT2D eigenvalue weighted by Gasteiger charge is -1.98. The molecule has 0 aliphatic rings. The predicted molar refractivity (Wildman–Crippen MR) is 34.0 cm³/mol. The van der Waals surface area contributed by atoms with Crippen molar-refractivity contribution in [1.29, 1.82) is 0 Å². The zero-order valence-corrected chi connectivity index (χ0v) is 5.60. The SMILES string of the molecule is FCc1cccc(C(F)F)n1. The summed E-state index contributed by atoms with van der Waals surface area (Å²) >= 11 is 0. The highest BCUT2D eigenvalue weighted by molar-refractivity contribution is 5.11. The molecule has 4 heteroatoms. The molecule has 0 aliphatic heterocycles. The van der Waals surface area contributed by atoms with Crippen LogP contribution in [0.15, 0.2) is 18.2 Å². The molecule has 0 N–H and O–H groups in total. The molecule has 1 aromatic rings. The van der Waals surface area contributed by atoms with Crippen molar-refractivity contribution < 1.29 is 13.2 Å². The van der Waals surface area contributed by atoms with Crippen molar-refractivity contribution >= 4 is 0 Å². The molecule has 60 valence electrons. The van der Waals surface area contributed by atoms with E-state index in [2.05, 4.69) is 4.98 Å². The normalized spacial score (nSPS) is 10.5. The molecule has 0 fully saturated rings. The van der Waals surface area contributed by atoms with E-state index >= 15 is 0 Å². The Labute approximate surface area is 61.9 Å². The molecule has 1 heterocycles. The highest BCUT2D eigenvalue weighted by Gasteiger charge is 2.07. The zero-order chi connectivity index (χ0) is 8.27. The summed E-state index contributed by atoms with van der Waals surface area (Å²) in [5.41, 5.74) is -0.331. The molecule has 0 aromatic carbocycles. The van der Waals surface area contributed by atoms with Crippen LogP contribution in [0.4, 0.5) is 13.2 Å². The number of aromatic nitrogens is 1. The van der Waals surface area contributed by atoms with E-state index in [-0.39, 0.29) is 11.4 Å². The minimum absolute atomic E-state index is 0.0443. The molecule has 0 amide bonds. The van der Waals surface area contributed by atoms with Gasteiger partial charge in [-0.05, 0) is 12.1 Å². The van der Waals surface area contributed by atoms with Gasteiger partial charge in [0.15, 0.2) is 0 Å². The first-order valence-corrected chi connectivity index (χ1v) is 3.04. The lowest BCUT2D eigenvalue weighted by Crippen LogP contribution is -1.93. The quantitative estimate of drug-likeness (QED) is 0.649. The third-order valence-electron chi connectivity index (χ3n) is 1.19. The van der Waals surface area contributed by atoms with Crippen LogP contribution in [0.1, 0.15) is 17.8 Å². The van der Waals surface area contributed by atoms with Gasteiger partial charge in [0.1, 0.15) is 12.4 Å². The van der Waals surface area contributed by atoms with E-state index in [0.717, 1.165) is 0 Å². The Morgan fingerprint density at radius 1 is 1.36 bits per heavy atom. The van der Waals surface area contributed by atoms with Gasteiger partial charge in [-0.25, -0.2) is 18.2 Å². The first kappa shape index (κ1) is 8.04. The van der Waals surface area contributed by atoms with E-state index in [0.29, 0.717) is 0 Å². The molecule has 1 nitrogen and oxygen atoms in total. The van der Waals surface area contributed by atoms with Gasteiger partial charge in [-0.2, -0.15) is 0 Å². The Balaban J connectivity index is 2.91. The lowest BCUT2D eigenvalue weighted by atomic mass is 10.3. The van der Waals surface area contributed by atoms with Gasteiger partial charge in [0.2, 0.25) is 0 Å². The Kier molecular flexibility index (Phi) is 2.46. The number of hydrogen-bond donors (Lipinski definition) is 0. The molecule has 0 saturated carbocycles. The molecular formula is C7H6F3N. The van der Waals surface area contributed by atoms with E-state index in [1.54, 1.807) is 0 Å². The van der Waals surface area contributed by atoms with E-state index in [1.807, 2.05) is 0 Å². The third kappa shape index (κ3) is 1.93. The van der Waals surface area contributed by atoms with Crippen LogP contribution in [0.25, 0.3) is 0 Å². The number of pyridine rings is 1. The maximum Gasteiger partial charge on any atom is 0.280 e. The van der Waals surface area contributed by atoms with Crippen LogP contribution in [-0.2, 0) is 6.67 Å². The molecule has 0 aliphatic carbocycles. The van der Waals surface area contributed by atoms with E-state index in [4.69, 9.17) is 0 Å². The smallest absolute Gasteiger partial charge is 0.249 e. The number of alkyl halides is 3. The average molecular weight is 161 g/mol. The fourth-order valence-electron chi connectivity index (χ4n) is 0.694. The highest BCUT2D eigenvalue weighted by Crippen LogP contribution is 2.15. The maximum atomic E-state index is 11.9. The summed E-state index contributed by atoms with van der Waals surface area (Å²) in [5.74, 6) is 0. The van der Waals surface area contributed by atoms with Crippen LogP contribution >= 0.6 is 0 Å². The Morgan fingerprint density at radius 2 is 2.09 bits per heavy atom. The zero-order valence-electron chi connectivity index (χ0n) is 5.60. The molecule has 0 atom stereocenters. The second-order valence-electron chi connectivity index (χ2n) is 1.99. The molecule has 1 rings (SSSR count). The van der Waals surface area contributed by atoms with Crippen LogP contribution < -0.4 is 0 Å². The van der Waals surface area contributed by atoms with Crippen molar-refractivity contribution in [3.63, 3.8) is 0 Å². The average Bonchev–Trinajstić information content (AvgIpc) is 2.05. The van der Waals surface area contributed by atoms with Crippen molar-refractivity contribution in [3.8, 4) is 0 Å². The minimum atomic E-state index is -2.62. The van der Waals surface area contributed by atoms with Gasteiger partial charge in [-0.15, -0.1) is 0 Å². The van der Waals surface area contributed by atoms with Crippen molar-refractivity contribution in [2.75, 3.05) is 0 Å². The predicted octanol–water partition coefficient (Wildman–Crippen LogP) is 2.49. The molecule has 0 unspecified atom stereocenters. The third-order valence-corrected chi connectivity index (χ3v) is 1.19. The molecular weight excluding hydrogens is 155 g/mol. The molecule has 0 radical (unpaired) electrons. The molecule has 0 bridgehead atoms. The summed E-state index contributed by atoms with van der Waals surface area (Å²) in [6, 6.07) is 3.90. The van der Waals surface area contributed by atoms with Gasteiger partial charge in [0.05, 0.1) is 5.69 Å². The molecule has 0 spiro atoms. The monoisotopic (exact) mass is 161 g/mol. The Bertz CT molecular complexity index is 237. The summed E-state index contributed by atoms with van der Waals surface area (Å²) in [6.07, 6.45) is -2.62. The highest BCUT2D eigenvalue weighted by atomic mass is 19.3. The summed E-state index contributed by atoms with van der Waals surface area (Å²) in [5, 5.41) is 0. The van der Waals surface area contributed by atoms with Gasteiger partial charge in [0.25, 0.3) is 6.43 Å². The fraction of sp³-hybridized carbons (Fsp3) is 0.286. The topological polar surface area (TPSA) is 12.9 Å². The first-order chi connectivity index (χ1) is 5.24. The van der Waals surface area contributed by atoms with Crippen molar-refractivity contribution in [1.82, 2.24) is 4.98 Å². The van der Waals surface area contributed by atoms with Crippen molar-refractivity contribution in [3.05, 3.63) is 29.6 Å². The summed E-state index contributed by atoms with van der Waals surface area (Å²) < 4.78 is 35.7. The second kappa shape index (κ2) is 3.37. The van der Waals surface area contributed by atoms with Crippen LogP contribution in [0.5, 0.6) is 0 Å². The number of hydrogen-bond acceptors (Lipinski definition) is 1. The minimum Gasteiger partial charge on any atom is -0.249 e. The van der Waals surface area contributed by atoms with Gasteiger partial charge in [0, 0.05) is 0 Å². The molecule has 0 saturated heterocycles. The van der Waals surface area contributed by atoms with E-state index in [9.17, 15) is 13.2 Å². The summed E-state index contributed by atoms with van der Waals surface area (Å²) in [4.78, 5) is 3.37. The maximum absolute atomic E-state index is 11.9. The molecule has 11 heavy (non-hydrogen) atoms.